The maximum absolute atomic E-state index is 12.9. The fraction of sp³-hybridized carbons (Fsp3) is 0.273. The molecule has 0 fully saturated rings. The number of carbonyl (C=O) groups is 2. The zero-order chi connectivity index (χ0) is 19.9. The summed E-state index contributed by atoms with van der Waals surface area (Å²) in [6.45, 7) is 2.08. The van der Waals surface area contributed by atoms with Crippen LogP contribution >= 0.6 is 11.8 Å². The summed E-state index contributed by atoms with van der Waals surface area (Å²) in [4.78, 5) is 27.0. The highest BCUT2D eigenvalue weighted by molar-refractivity contribution is 7.99. The molecular weight excluding hydrogens is 375 g/mol. The van der Waals surface area contributed by atoms with Gasteiger partial charge in [-0.1, -0.05) is 24.3 Å². The number of halogens is 1. The van der Waals surface area contributed by atoms with Crippen molar-refractivity contribution in [3.05, 3.63) is 71.7 Å². The molecule has 0 spiro atoms. The highest BCUT2D eigenvalue weighted by Crippen LogP contribution is 2.32. The van der Waals surface area contributed by atoms with E-state index in [0.29, 0.717) is 6.54 Å². The Balaban J connectivity index is 1.48. The Bertz CT molecular complexity index is 867. The molecule has 0 aromatic heterocycles. The number of carbonyl (C=O) groups excluding carboxylic acids is 2. The number of rotatable bonds is 7. The van der Waals surface area contributed by atoms with E-state index in [9.17, 15) is 14.0 Å². The lowest BCUT2D eigenvalue weighted by molar-refractivity contribution is -0.129. The van der Waals surface area contributed by atoms with Crippen molar-refractivity contribution in [1.82, 2.24) is 10.2 Å². The van der Waals surface area contributed by atoms with Crippen LogP contribution in [0.1, 0.15) is 36.9 Å². The Labute approximate surface area is 168 Å². The van der Waals surface area contributed by atoms with Gasteiger partial charge in [0.2, 0.25) is 11.8 Å². The van der Waals surface area contributed by atoms with Gasteiger partial charge in [0.25, 0.3) is 0 Å². The molecule has 0 saturated carbocycles. The zero-order valence-corrected chi connectivity index (χ0v) is 16.5. The standard InChI is InChI=1S/C22H23FN2O2S/c1-16(26)25-13-11-17-5-2-3-6-20(17)21(25)15-22(27)24-12-4-14-28-19-9-7-18(23)8-10-19/h2-3,5-11,13,21H,4,12,14-15H2,1H3,(H,24,27). The quantitative estimate of drug-likeness (QED) is 0.556. The molecule has 2 aromatic rings. The molecule has 2 amide bonds. The van der Waals surface area contributed by atoms with Crippen LogP contribution in [0, 0.1) is 5.82 Å². The number of hydrogen-bond acceptors (Lipinski definition) is 3. The van der Waals surface area contributed by atoms with Crippen molar-refractivity contribution in [1.29, 1.82) is 0 Å². The van der Waals surface area contributed by atoms with Crippen molar-refractivity contribution in [3.63, 3.8) is 0 Å². The number of thioether (sulfide) groups is 1. The van der Waals surface area contributed by atoms with E-state index in [1.807, 2.05) is 30.3 Å². The summed E-state index contributed by atoms with van der Waals surface area (Å²) in [6.07, 6.45) is 4.69. The molecule has 0 bridgehead atoms. The number of nitrogens with zero attached hydrogens (tertiary/aromatic N) is 1. The Morgan fingerprint density at radius 3 is 2.64 bits per heavy atom. The number of fused-ring (bicyclic) bond motifs is 1. The number of amides is 2. The summed E-state index contributed by atoms with van der Waals surface area (Å²) in [5.74, 6) is 0.434. The van der Waals surface area contributed by atoms with E-state index in [2.05, 4.69) is 5.32 Å². The van der Waals surface area contributed by atoms with E-state index >= 15 is 0 Å². The minimum absolute atomic E-state index is 0.0758. The van der Waals surface area contributed by atoms with Gasteiger partial charge in [0, 0.05) is 24.6 Å². The van der Waals surface area contributed by atoms with Gasteiger partial charge in [0.15, 0.2) is 0 Å². The molecule has 146 valence electrons. The lowest BCUT2D eigenvalue weighted by Gasteiger charge is -2.32. The molecule has 0 radical (unpaired) electrons. The second kappa shape index (κ2) is 9.55. The van der Waals surface area contributed by atoms with Gasteiger partial charge >= 0.3 is 0 Å². The summed E-state index contributed by atoms with van der Waals surface area (Å²) >= 11 is 1.63. The van der Waals surface area contributed by atoms with Gasteiger partial charge in [-0.15, -0.1) is 11.8 Å². The van der Waals surface area contributed by atoms with E-state index in [1.54, 1.807) is 35.0 Å². The summed E-state index contributed by atoms with van der Waals surface area (Å²) in [7, 11) is 0. The van der Waals surface area contributed by atoms with Crippen LogP contribution in [0.3, 0.4) is 0 Å². The zero-order valence-electron chi connectivity index (χ0n) is 15.7. The van der Waals surface area contributed by atoms with E-state index in [1.165, 1.54) is 19.1 Å². The molecule has 2 aromatic carbocycles. The van der Waals surface area contributed by atoms with E-state index in [0.717, 1.165) is 28.2 Å². The fourth-order valence-corrected chi connectivity index (χ4v) is 4.03. The first kappa shape index (κ1) is 20.1. The average molecular weight is 399 g/mol. The van der Waals surface area contributed by atoms with Crippen LogP contribution < -0.4 is 5.32 Å². The first-order valence-corrected chi connectivity index (χ1v) is 10.2. The lowest BCUT2D eigenvalue weighted by Crippen LogP contribution is -2.35. The molecule has 1 aliphatic rings. The highest BCUT2D eigenvalue weighted by atomic mass is 32.2. The van der Waals surface area contributed by atoms with Crippen LogP contribution in [-0.4, -0.2) is 29.0 Å². The highest BCUT2D eigenvalue weighted by Gasteiger charge is 2.27. The number of hydrogen-bond donors (Lipinski definition) is 1. The Hall–Kier alpha value is -2.60. The molecule has 4 nitrogen and oxygen atoms in total. The largest absolute Gasteiger partial charge is 0.356 e. The van der Waals surface area contributed by atoms with Crippen molar-refractivity contribution in [2.24, 2.45) is 0 Å². The molecule has 28 heavy (non-hydrogen) atoms. The average Bonchev–Trinajstić information content (AvgIpc) is 2.69. The van der Waals surface area contributed by atoms with Gasteiger partial charge in [-0.05, 0) is 53.6 Å². The van der Waals surface area contributed by atoms with Crippen molar-refractivity contribution < 1.29 is 14.0 Å². The van der Waals surface area contributed by atoms with Crippen LogP contribution in [0.5, 0.6) is 0 Å². The minimum Gasteiger partial charge on any atom is -0.356 e. The van der Waals surface area contributed by atoms with Crippen LogP contribution in [0.25, 0.3) is 6.08 Å². The minimum atomic E-state index is -0.285. The number of nitrogens with one attached hydrogen (secondary N) is 1. The molecule has 1 N–H and O–H groups in total. The van der Waals surface area contributed by atoms with Crippen LogP contribution in [0.15, 0.2) is 59.6 Å². The monoisotopic (exact) mass is 398 g/mol. The second-order valence-corrected chi connectivity index (χ2v) is 7.77. The predicted molar refractivity (Wildman–Crippen MR) is 110 cm³/mol. The second-order valence-electron chi connectivity index (χ2n) is 6.60. The Morgan fingerprint density at radius 2 is 1.89 bits per heavy atom. The van der Waals surface area contributed by atoms with Crippen LogP contribution in [0.2, 0.25) is 0 Å². The molecule has 1 aliphatic heterocycles. The third-order valence-electron chi connectivity index (χ3n) is 4.57. The van der Waals surface area contributed by atoms with Crippen LogP contribution in [-0.2, 0) is 9.59 Å². The Morgan fingerprint density at radius 1 is 1.14 bits per heavy atom. The molecule has 6 heteroatoms. The molecule has 1 heterocycles. The molecule has 3 rings (SSSR count). The predicted octanol–water partition coefficient (Wildman–Crippen LogP) is 4.39. The van der Waals surface area contributed by atoms with E-state index in [4.69, 9.17) is 0 Å². The van der Waals surface area contributed by atoms with E-state index < -0.39 is 0 Å². The molecule has 1 unspecified atom stereocenters. The lowest BCUT2D eigenvalue weighted by atomic mass is 9.93. The van der Waals surface area contributed by atoms with Crippen molar-refractivity contribution in [3.8, 4) is 0 Å². The maximum atomic E-state index is 12.9. The van der Waals surface area contributed by atoms with Gasteiger partial charge in [0.05, 0.1) is 12.5 Å². The smallest absolute Gasteiger partial charge is 0.223 e. The molecule has 0 aliphatic carbocycles. The summed E-state index contributed by atoms with van der Waals surface area (Å²) < 4.78 is 12.9. The summed E-state index contributed by atoms with van der Waals surface area (Å²) in [6, 6.07) is 13.9. The third kappa shape index (κ3) is 5.23. The maximum Gasteiger partial charge on any atom is 0.223 e. The van der Waals surface area contributed by atoms with Gasteiger partial charge in [-0.3, -0.25) is 9.59 Å². The SMILES string of the molecule is CC(=O)N1C=Cc2ccccc2C1CC(=O)NCCCSc1ccc(F)cc1. The Kier molecular flexibility index (Phi) is 6.87. The van der Waals surface area contributed by atoms with Crippen molar-refractivity contribution in [2.45, 2.75) is 30.7 Å². The normalized spacial score (nSPS) is 15.2. The van der Waals surface area contributed by atoms with Crippen molar-refractivity contribution in [2.75, 3.05) is 12.3 Å². The van der Waals surface area contributed by atoms with Gasteiger partial charge < -0.3 is 10.2 Å². The van der Waals surface area contributed by atoms with Gasteiger partial charge in [-0.2, -0.15) is 0 Å². The van der Waals surface area contributed by atoms with Gasteiger partial charge in [0.1, 0.15) is 5.82 Å². The summed E-state index contributed by atoms with van der Waals surface area (Å²) in [5.41, 5.74) is 2.02. The molecular formula is C22H23FN2O2S. The molecule has 0 saturated heterocycles. The van der Waals surface area contributed by atoms with E-state index in [-0.39, 0.29) is 30.1 Å². The fourth-order valence-electron chi connectivity index (χ4n) is 3.18. The first-order valence-electron chi connectivity index (χ1n) is 9.25. The van der Waals surface area contributed by atoms with Crippen molar-refractivity contribution >= 4 is 29.7 Å². The van der Waals surface area contributed by atoms with Crippen LogP contribution in [0.4, 0.5) is 4.39 Å². The molecule has 1 atom stereocenters. The third-order valence-corrected chi connectivity index (χ3v) is 5.67. The summed E-state index contributed by atoms with van der Waals surface area (Å²) in [5, 5.41) is 2.94. The first-order chi connectivity index (χ1) is 13.5. The van der Waals surface area contributed by atoms with Gasteiger partial charge in [-0.25, -0.2) is 4.39 Å². The topological polar surface area (TPSA) is 49.4 Å². The number of benzene rings is 2.